The first kappa shape index (κ1) is 12.6. The Kier molecular flexibility index (Phi) is 2.70. The highest BCUT2D eigenvalue weighted by molar-refractivity contribution is 7.93. The van der Waals surface area contributed by atoms with Gasteiger partial charge in [-0.05, 0) is 18.2 Å². The predicted octanol–water partition coefficient (Wildman–Crippen LogP) is 1.36. The fourth-order valence-corrected chi connectivity index (χ4v) is 3.64. The summed E-state index contributed by atoms with van der Waals surface area (Å²) in [4.78, 5) is 10.0. The van der Waals surface area contributed by atoms with Crippen molar-refractivity contribution in [3.63, 3.8) is 0 Å². The van der Waals surface area contributed by atoms with Crippen LogP contribution in [0.3, 0.4) is 0 Å². The lowest BCUT2D eigenvalue weighted by molar-refractivity contribution is -0.124. The van der Waals surface area contributed by atoms with Gasteiger partial charge in [0.1, 0.15) is 22.3 Å². The number of nitrogens with zero attached hydrogens (tertiary/aromatic N) is 1. The molecule has 0 amide bonds. The molecule has 1 aromatic carbocycles. The van der Waals surface area contributed by atoms with Gasteiger partial charge in [-0.25, -0.2) is 17.2 Å². The molecule has 0 bridgehead atoms. The number of hydrogen-bond donors (Lipinski definition) is 0. The lowest BCUT2D eigenvalue weighted by Gasteiger charge is -2.32. The summed E-state index contributed by atoms with van der Waals surface area (Å²) in [6, 6.07) is 3.50. The van der Waals surface area contributed by atoms with Crippen LogP contribution >= 0.6 is 0 Å². The van der Waals surface area contributed by atoms with Gasteiger partial charge in [-0.3, -0.25) is 4.79 Å². The Balaban J connectivity index is 2.59. The minimum atomic E-state index is -4.40. The summed E-state index contributed by atoms with van der Waals surface area (Å²) < 4.78 is 48.7. The van der Waals surface area contributed by atoms with E-state index in [9.17, 15) is 22.0 Å². The SMILES string of the molecule is N#CC1(S(=O)(=O)c2cc(F)ccc2F)CC(=O)C1. The molecule has 18 heavy (non-hydrogen) atoms. The molecule has 0 N–H and O–H groups in total. The zero-order valence-corrected chi connectivity index (χ0v) is 9.80. The van der Waals surface area contributed by atoms with Crippen LogP contribution < -0.4 is 0 Å². The number of ketones is 1. The number of carbonyl (C=O) groups excluding carboxylic acids is 1. The van der Waals surface area contributed by atoms with Crippen LogP contribution in [0.2, 0.25) is 0 Å². The summed E-state index contributed by atoms with van der Waals surface area (Å²) >= 11 is 0. The molecule has 1 aliphatic carbocycles. The van der Waals surface area contributed by atoms with Crippen molar-refractivity contribution in [2.75, 3.05) is 0 Å². The topological polar surface area (TPSA) is 75.0 Å². The minimum absolute atomic E-state index is 0.392. The summed E-state index contributed by atoms with van der Waals surface area (Å²) in [7, 11) is -4.40. The van der Waals surface area contributed by atoms with Crippen molar-refractivity contribution < 1.29 is 22.0 Å². The lowest BCUT2D eigenvalue weighted by Crippen LogP contribution is -2.49. The maximum atomic E-state index is 13.4. The third-order valence-electron chi connectivity index (χ3n) is 2.87. The zero-order chi connectivity index (χ0) is 13.6. The average molecular weight is 271 g/mol. The summed E-state index contributed by atoms with van der Waals surface area (Å²) in [5.74, 6) is -2.45. The molecule has 0 aromatic heterocycles. The van der Waals surface area contributed by atoms with E-state index in [-0.39, 0.29) is 0 Å². The molecule has 1 saturated carbocycles. The Morgan fingerprint density at radius 2 is 1.89 bits per heavy atom. The van der Waals surface area contributed by atoms with Crippen LogP contribution in [-0.4, -0.2) is 18.9 Å². The monoisotopic (exact) mass is 271 g/mol. The molecule has 94 valence electrons. The van der Waals surface area contributed by atoms with E-state index >= 15 is 0 Å². The molecule has 4 nitrogen and oxygen atoms in total. The number of benzene rings is 1. The number of rotatable bonds is 2. The number of carbonyl (C=O) groups is 1. The first-order chi connectivity index (χ1) is 8.32. The third-order valence-corrected chi connectivity index (χ3v) is 5.17. The number of sulfone groups is 1. The van der Waals surface area contributed by atoms with Gasteiger partial charge in [-0.15, -0.1) is 0 Å². The van der Waals surface area contributed by atoms with Gasteiger partial charge in [0.15, 0.2) is 4.75 Å². The molecule has 1 fully saturated rings. The molecule has 0 atom stereocenters. The van der Waals surface area contributed by atoms with Crippen molar-refractivity contribution in [1.82, 2.24) is 0 Å². The van der Waals surface area contributed by atoms with Crippen molar-refractivity contribution in [3.05, 3.63) is 29.8 Å². The predicted molar refractivity (Wildman–Crippen MR) is 56.1 cm³/mol. The first-order valence-electron chi connectivity index (χ1n) is 4.95. The van der Waals surface area contributed by atoms with Crippen molar-refractivity contribution in [2.45, 2.75) is 22.5 Å². The molecule has 1 aliphatic rings. The molecule has 2 rings (SSSR count). The number of Topliss-reactive ketones (excluding diaryl/α,β-unsaturated/α-hetero) is 1. The van der Waals surface area contributed by atoms with Crippen molar-refractivity contribution in [1.29, 1.82) is 5.26 Å². The smallest absolute Gasteiger partial charge is 0.201 e. The highest BCUT2D eigenvalue weighted by Crippen LogP contribution is 2.40. The molecule has 0 heterocycles. The third kappa shape index (κ3) is 1.61. The van der Waals surface area contributed by atoms with Crippen molar-refractivity contribution >= 4 is 15.6 Å². The number of nitriles is 1. The molecule has 1 aromatic rings. The zero-order valence-electron chi connectivity index (χ0n) is 8.98. The minimum Gasteiger partial charge on any atom is -0.300 e. The molecule has 0 spiro atoms. The van der Waals surface area contributed by atoms with Crippen LogP contribution in [0.25, 0.3) is 0 Å². The highest BCUT2D eigenvalue weighted by atomic mass is 32.2. The van der Waals surface area contributed by atoms with Gasteiger partial charge in [0.2, 0.25) is 9.84 Å². The highest BCUT2D eigenvalue weighted by Gasteiger charge is 2.56. The van der Waals surface area contributed by atoms with E-state index in [1.54, 1.807) is 0 Å². The average Bonchev–Trinajstić information content (AvgIpc) is 2.27. The first-order valence-corrected chi connectivity index (χ1v) is 6.43. The second-order valence-electron chi connectivity index (χ2n) is 4.08. The van der Waals surface area contributed by atoms with Crippen LogP contribution in [0, 0.1) is 23.0 Å². The fourth-order valence-electron chi connectivity index (χ4n) is 1.81. The van der Waals surface area contributed by atoms with E-state index in [0.29, 0.717) is 12.1 Å². The standard InChI is InChI=1S/C11H7F2NO3S/c12-7-1-2-9(13)10(3-7)18(16,17)11(6-14)4-8(15)5-11/h1-3H,4-5H2. The van der Waals surface area contributed by atoms with Crippen molar-refractivity contribution in [2.24, 2.45) is 0 Å². The second kappa shape index (κ2) is 3.85. The quantitative estimate of drug-likeness (QED) is 0.814. The van der Waals surface area contributed by atoms with Gasteiger partial charge >= 0.3 is 0 Å². The van der Waals surface area contributed by atoms with Crippen LogP contribution in [-0.2, 0) is 14.6 Å². The Morgan fingerprint density at radius 1 is 1.28 bits per heavy atom. The Bertz CT molecular complexity index is 668. The van der Waals surface area contributed by atoms with Crippen molar-refractivity contribution in [3.8, 4) is 6.07 Å². The van der Waals surface area contributed by atoms with E-state index in [4.69, 9.17) is 5.26 Å². The molecular formula is C11H7F2NO3S. The Labute approximate surface area is 102 Å². The van der Waals surface area contributed by atoms with Gasteiger partial charge in [-0.1, -0.05) is 0 Å². The summed E-state index contributed by atoms with van der Waals surface area (Å²) in [6.07, 6.45) is -0.969. The van der Waals surface area contributed by atoms with Gasteiger partial charge in [0.05, 0.1) is 6.07 Å². The molecule has 0 unspecified atom stereocenters. The van der Waals surface area contributed by atoms with Gasteiger partial charge < -0.3 is 0 Å². The molecule has 7 heteroatoms. The van der Waals surface area contributed by atoms with E-state index in [0.717, 1.165) is 6.07 Å². The van der Waals surface area contributed by atoms with Crippen LogP contribution in [0.4, 0.5) is 8.78 Å². The van der Waals surface area contributed by atoms with E-state index in [2.05, 4.69) is 0 Å². The number of hydrogen-bond acceptors (Lipinski definition) is 4. The van der Waals surface area contributed by atoms with Gasteiger partial charge in [0, 0.05) is 12.8 Å². The summed E-state index contributed by atoms with van der Waals surface area (Å²) in [5.41, 5.74) is 0. The van der Waals surface area contributed by atoms with Crippen LogP contribution in [0.15, 0.2) is 23.1 Å². The summed E-state index contributed by atoms with van der Waals surface area (Å²) in [6.45, 7) is 0. The number of halogens is 2. The summed E-state index contributed by atoms with van der Waals surface area (Å²) in [5, 5.41) is 8.91. The molecule has 0 saturated heterocycles. The largest absolute Gasteiger partial charge is 0.300 e. The van der Waals surface area contributed by atoms with Gasteiger partial charge in [-0.2, -0.15) is 5.26 Å². The second-order valence-corrected chi connectivity index (χ2v) is 6.30. The van der Waals surface area contributed by atoms with E-state index in [1.165, 1.54) is 6.07 Å². The van der Waals surface area contributed by atoms with Gasteiger partial charge in [0.25, 0.3) is 0 Å². The van der Waals surface area contributed by atoms with E-state index < -0.39 is 49.7 Å². The maximum absolute atomic E-state index is 13.4. The van der Waals surface area contributed by atoms with E-state index in [1.807, 2.05) is 0 Å². The Hall–Kier alpha value is -1.81. The van der Waals surface area contributed by atoms with Crippen LogP contribution in [0.5, 0.6) is 0 Å². The van der Waals surface area contributed by atoms with Crippen LogP contribution in [0.1, 0.15) is 12.8 Å². The molecule has 0 aliphatic heterocycles. The lowest BCUT2D eigenvalue weighted by atomic mass is 9.84. The molecular weight excluding hydrogens is 264 g/mol. The molecule has 0 radical (unpaired) electrons. The fraction of sp³-hybridized carbons (Fsp3) is 0.273. The maximum Gasteiger partial charge on any atom is 0.201 e. The Morgan fingerprint density at radius 3 is 2.39 bits per heavy atom. The normalized spacial score (nSPS) is 17.9.